The Bertz CT molecular complexity index is 758. The molecule has 0 spiro atoms. The van der Waals surface area contributed by atoms with Gasteiger partial charge in [0.1, 0.15) is 0 Å². The second-order valence-corrected chi connectivity index (χ2v) is 7.10. The van der Waals surface area contributed by atoms with Crippen molar-refractivity contribution in [3.8, 4) is 0 Å². The van der Waals surface area contributed by atoms with Gasteiger partial charge in [-0.05, 0) is 32.4 Å². The van der Waals surface area contributed by atoms with Crippen molar-refractivity contribution in [1.29, 1.82) is 0 Å². The zero-order chi connectivity index (χ0) is 18.0. The van der Waals surface area contributed by atoms with E-state index in [0.29, 0.717) is 18.1 Å². The lowest BCUT2D eigenvalue weighted by Gasteiger charge is -2.39. The van der Waals surface area contributed by atoms with Gasteiger partial charge in [0.15, 0.2) is 0 Å². The molecule has 1 aliphatic heterocycles. The Kier molecular flexibility index (Phi) is 5.45. The van der Waals surface area contributed by atoms with Crippen molar-refractivity contribution >= 4 is 23.2 Å². The lowest BCUT2D eigenvalue weighted by atomic mass is 10.1. The molecule has 2 aromatic rings. The summed E-state index contributed by atoms with van der Waals surface area (Å²) in [5.74, 6) is 0.0878. The fourth-order valence-corrected chi connectivity index (χ4v) is 3.55. The van der Waals surface area contributed by atoms with Crippen molar-refractivity contribution in [2.75, 3.05) is 18.0 Å². The molecule has 5 nitrogen and oxygen atoms in total. The van der Waals surface area contributed by atoms with Crippen LogP contribution in [0.3, 0.4) is 0 Å². The highest BCUT2D eigenvalue weighted by Crippen LogP contribution is 2.28. The summed E-state index contributed by atoms with van der Waals surface area (Å²) < 4.78 is 2.04. The first-order chi connectivity index (χ1) is 12.0. The quantitative estimate of drug-likeness (QED) is 0.819. The molecule has 0 N–H and O–H groups in total. The Labute approximate surface area is 154 Å². The molecule has 6 heteroatoms. The number of carbonyl (C=O) groups is 1. The van der Waals surface area contributed by atoms with E-state index in [1.807, 2.05) is 35.1 Å². The van der Waals surface area contributed by atoms with Crippen LogP contribution >= 0.6 is 11.6 Å². The van der Waals surface area contributed by atoms with Gasteiger partial charge in [0.25, 0.3) is 0 Å². The maximum absolute atomic E-state index is 12.7. The molecule has 1 atom stereocenters. The average Bonchev–Trinajstić information content (AvgIpc) is 2.92. The van der Waals surface area contributed by atoms with Gasteiger partial charge in [0.05, 0.1) is 23.5 Å². The first-order valence-corrected chi connectivity index (χ1v) is 9.19. The summed E-state index contributed by atoms with van der Waals surface area (Å²) in [6.07, 6.45) is 3.00. The number of hydrogen-bond donors (Lipinski definition) is 0. The van der Waals surface area contributed by atoms with Gasteiger partial charge in [0.2, 0.25) is 5.91 Å². The molecule has 1 fully saturated rings. The zero-order valence-corrected chi connectivity index (χ0v) is 15.8. The van der Waals surface area contributed by atoms with Crippen LogP contribution in [0.4, 0.5) is 5.69 Å². The largest absolute Gasteiger partial charge is 0.308 e. The van der Waals surface area contributed by atoms with Crippen LogP contribution in [-0.2, 0) is 17.9 Å². The van der Waals surface area contributed by atoms with Crippen molar-refractivity contribution in [3.05, 3.63) is 46.7 Å². The number of benzene rings is 1. The van der Waals surface area contributed by atoms with Gasteiger partial charge < -0.3 is 4.90 Å². The summed E-state index contributed by atoms with van der Waals surface area (Å²) in [7, 11) is 0. The molecule has 0 unspecified atom stereocenters. The Morgan fingerprint density at radius 2 is 2.08 bits per heavy atom. The molecule has 0 bridgehead atoms. The molecular formula is C19H25ClN4O. The molecule has 0 radical (unpaired) electrons. The average molecular weight is 361 g/mol. The summed E-state index contributed by atoms with van der Waals surface area (Å²) in [5.41, 5.74) is 3.18. The second-order valence-electron chi connectivity index (χ2n) is 6.69. The molecule has 1 aromatic carbocycles. The van der Waals surface area contributed by atoms with Crippen molar-refractivity contribution in [3.63, 3.8) is 0 Å². The van der Waals surface area contributed by atoms with Crippen molar-refractivity contribution in [2.45, 2.75) is 46.3 Å². The lowest BCUT2D eigenvalue weighted by molar-refractivity contribution is -0.122. The maximum Gasteiger partial charge on any atom is 0.241 e. The minimum atomic E-state index is 0.0878. The standard InChI is InChI=1S/C19H25ClN4O/c1-4-9-24-15(3)16(10-21-24)12-22-13-19(25)23(11-14(22)2)18-8-6-5-7-17(18)20/h5-8,10,14H,4,9,11-13H2,1-3H3/t14-/m1/s1. The number of aromatic nitrogens is 2. The molecule has 25 heavy (non-hydrogen) atoms. The summed E-state index contributed by atoms with van der Waals surface area (Å²) in [5, 5.41) is 5.09. The SMILES string of the molecule is CCCn1ncc(CN2CC(=O)N(c3ccccc3Cl)C[C@H]2C)c1C. The smallest absolute Gasteiger partial charge is 0.241 e. The van der Waals surface area contributed by atoms with E-state index in [-0.39, 0.29) is 11.9 Å². The van der Waals surface area contributed by atoms with Crippen LogP contribution in [0.2, 0.25) is 5.02 Å². The molecule has 1 amide bonds. The first-order valence-electron chi connectivity index (χ1n) is 8.81. The molecule has 134 valence electrons. The highest BCUT2D eigenvalue weighted by Gasteiger charge is 2.31. The van der Waals surface area contributed by atoms with Crippen molar-refractivity contribution in [1.82, 2.24) is 14.7 Å². The van der Waals surface area contributed by atoms with Crippen LogP contribution < -0.4 is 4.90 Å². The van der Waals surface area contributed by atoms with Crippen LogP contribution in [0.15, 0.2) is 30.5 Å². The molecule has 2 heterocycles. The second kappa shape index (κ2) is 7.58. The fourth-order valence-electron chi connectivity index (χ4n) is 3.31. The van der Waals surface area contributed by atoms with E-state index in [1.54, 1.807) is 4.90 Å². The summed E-state index contributed by atoms with van der Waals surface area (Å²) >= 11 is 6.27. The number of halogens is 1. The highest BCUT2D eigenvalue weighted by molar-refractivity contribution is 6.33. The number of para-hydroxylation sites is 1. The van der Waals surface area contributed by atoms with E-state index in [1.165, 1.54) is 11.3 Å². The molecule has 1 saturated heterocycles. The number of amides is 1. The number of hydrogen-bond acceptors (Lipinski definition) is 3. The zero-order valence-electron chi connectivity index (χ0n) is 15.1. The summed E-state index contributed by atoms with van der Waals surface area (Å²) in [6.45, 7) is 9.12. The number of piperazine rings is 1. The Morgan fingerprint density at radius 1 is 1.32 bits per heavy atom. The third-order valence-electron chi connectivity index (χ3n) is 4.87. The van der Waals surface area contributed by atoms with Gasteiger partial charge in [-0.2, -0.15) is 5.10 Å². The summed E-state index contributed by atoms with van der Waals surface area (Å²) in [4.78, 5) is 16.7. The third-order valence-corrected chi connectivity index (χ3v) is 5.19. The molecule has 1 aliphatic rings. The van der Waals surface area contributed by atoms with Gasteiger partial charge in [-0.1, -0.05) is 30.7 Å². The highest BCUT2D eigenvalue weighted by atomic mass is 35.5. The van der Waals surface area contributed by atoms with Crippen LogP contribution in [0.25, 0.3) is 0 Å². The number of anilines is 1. The van der Waals surface area contributed by atoms with Crippen LogP contribution in [0.1, 0.15) is 31.5 Å². The number of nitrogens with zero attached hydrogens (tertiary/aromatic N) is 4. The van der Waals surface area contributed by atoms with E-state index in [2.05, 4.69) is 30.8 Å². The topological polar surface area (TPSA) is 41.4 Å². The van der Waals surface area contributed by atoms with E-state index < -0.39 is 0 Å². The van der Waals surface area contributed by atoms with E-state index >= 15 is 0 Å². The van der Waals surface area contributed by atoms with Crippen LogP contribution in [0.5, 0.6) is 0 Å². The van der Waals surface area contributed by atoms with Gasteiger partial charge in [0, 0.05) is 36.9 Å². The van der Waals surface area contributed by atoms with Crippen LogP contribution in [0, 0.1) is 6.92 Å². The monoisotopic (exact) mass is 360 g/mol. The molecule has 3 rings (SSSR count). The Balaban J connectivity index is 1.73. The van der Waals surface area contributed by atoms with Gasteiger partial charge in [-0.25, -0.2) is 0 Å². The molecule has 1 aromatic heterocycles. The molecular weight excluding hydrogens is 336 g/mol. The maximum atomic E-state index is 12.7. The number of rotatable bonds is 5. The van der Waals surface area contributed by atoms with Crippen molar-refractivity contribution in [2.24, 2.45) is 0 Å². The van der Waals surface area contributed by atoms with Crippen molar-refractivity contribution < 1.29 is 4.79 Å². The Morgan fingerprint density at radius 3 is 2.80 bits per heavy atom. The molecule has 0 saturated carbocycles. The van der Waals surface area contributed by atoms with Crippen LogP contribution in [-0.4, -0.2) is 39.7 Å². The minimum absolute atomic E-state index is 0.0878. The first kappa shape index (κ1) is 18.0. The molecule has 0 aliphatic carbocycles. The van der Waals surface area contributed by atoms with E-state index in [9.17, 15) is 4.79 Å². The fraction of sp³-hybridized carbons (Fsp3) is 0.474. The van der Waals surface area contributed by atoms with Gasteiger partial charge in [-0.15, -0.1) is 0 Å². The predicted molar refractivity (Wildman–Crippen MR) is 101 cm³/mol. The number of carbonyl (C=O) groups excluding carboxylic acids is 1. The van der Waals surface area contributed by atoms with Gasteiger partial charge >= 0.3 is 0 Å². The van der Waals surface area contributed by atoms with Gasteiger partial charge in [-0.3, -0.25) is 14.4 Å². The minimum Gasteiger partial charge on any atom is -0.308 e. The number of aryl methyl sites for hydroxylation is 1. The third kappa shape index (κ3) is 3.72. The predicted octanol–water partition coefficient (Wildman–Crippen LogP) is 3.49. The lowest BCUT2D eigenvalue weighted by Crippen LogP contribution is -2.55. The van der Waals surface area contributed by atoms with E-state index in [0.717, 1.165) is 25.2 Å². The normalized spacial score (nSPS) is 18.8. The van der Waals surface area contributed by atoms with E-state index in [4.69, 9.17) is 11.6 Å². The summed E-state index contributed by atoms with van der Waals surface area (Å²) in [6, 6.07) is 7.78. The Hall–Kier alpha value is -1.85.